The molecule has 0 atom stereocenters. The standard InChI is InChI=1S/C30H18N4O7.ClH/c31-15-9-17-23(19(27(35)36)7-13-3-1-5-33-25(13)17)21(11-15)29(39)41-30(40)22-12-16(32)10-18-24(22)20(28(37)38)8-14-4-2-6-34-26(14)18;/h1-12H,31-32H2,(H,35,36)(H,37,38);1H. The smallest absolute Gasteiger partial charge is 0.346 e. The molecule has 4 aromatic carbocycles. The lowest BCUT2D eigenvalue weighted by atomic mass is 9.94. The van der Waals surface area contributed by atoms with Gasteiger partial charge in [-0.1, -0.05) is 12.1 Å². The van der Waals surface area contributed by atoms with E-state index < -0.39 is 23.9 Å². The maximum Gasteiger partial charge on any atom is 0.346 e. The topological polar surface area (TPSA) is 196 Å². The molecule has 0 saturated heterocycles. The average Bonchev–Trinajstić information content (AvgIpc) is 2.95. The molecule has 6 rings (SSSR count). The Balaban J connectivity index is 0.00000353. The van der Waals surface area contributed by atoms with E-state index in [9.17, 15) is 29.4 Å². The van der Waals surface area contributed by atoms with Crippen molar-refractivity contribution in [3.05, 3.63) is 95.3 Å². The second-order valence-corrected chi connectivity index (χ2v) is 9.27. The van der Waals surface area contributed by atoms with Gasteiger partial charge in [-0.05, 0) is 48.5 Å². The van der Waals surface area contributed by atoms with E-state index in [-0.39, 0.29) is 67.6 Å². The number of carbonyl (C=O) groups excluding carboxylic acids is 2. The van der Waals surface area contributed by atoms with E-state index in [0.29, 0.717) is 21.8 Å². The lowest BCUT2D eigenvalue weighted by Gasteiger charge is -2.14. The molecule has 6 aromatic rings. The van der Waals surface area contributed by atoms with Crippen molar-refractivity contribution in [3.8, 4) is 0 Å². The van der Waals surface area contributed by atoms with Crippen LogP contribution in [0, 0.1) is 0 Å². The second kappa shape index (κ2) is 10.3. The number of carboxylic acids is 2. The van der Waals surface area contributed by atoms with E-state index >= 15 is 0 Å². The van der Waals surface area contributed by atoms with Gasteiger partial charge in [-0.2, -0.15) is 0 Å². The molecule has 2 heterocycles. The van der Waals surface area contributed by atoms with Crippen LogP contribution in [0.5, 0.6) is 0 Å². The van der Waals surface area contributed by atoms with Gasteiger partial charge in [-0.15, -0.1) is 12.4 Å². The number of carboxylic acid groups (broad SMARTS) is 2. The minimum atomic E-state index is -1.32. The first-order valence-electron chi connectivity index (χ1n) is 12.1. The van der Waals surface area contributed by atoms with Crippen LogP contribution in [0.2, 0.25) is 0 Å². The van der Waals surface area contributed by atoms with Crippen LogP contribution < -0.4 is 11.5 Å². The number of nitrogens with two attached hydrogens (primary N) is 2. The summed E-state index contributed by atoms with van der Waals surface area (Å²) in [6.07, 6.45) is 3.02. The highest BCUT2D eigenvalue weighted by atomic mass is 35.5. The summed E-state index contributed by atoms with van der Waals surface area (Å²) < 4.78 is 5.23. The van der Waals surface area contributed by atoms with Crippen molar-refractivity contribution in [1.29, 1.82) is 0 Å². The fourth-order valence-corrected chi connectivity index (χ4v) is 5.11. The Labute approximate surface area is 241 Å². The number of carbonyl (C=O) groups is 4. The zero-order valence-corrected chi connectivity index (χ0v) is 22.1. The van der Waals surface area contributed by atoms with Crippen molar-refractivity contribution in [2.75, 3.05) is 11.5 Å². The Hall–Kier alpha value is -5.81. The van der Waals surface area contributed by atoms with Crippen molar-refractivity contribution < 1.29 is 34.1 Å². The average molecular weight is 583 g/mol. The lowest BCUT2D eigenvalue weighted by Crippen LogP contribution is -2.16. The third-order valence-corrected chi connectivity index (χ3v) is 6.73. The number of nitrogen functional groups attached to an aromatic ring is 2. The van der Waals surface area contributed by atoms with E-state index in [0.717, 1.165) is 0 Å². The number of esters is 2. The molecular weight excluding hydrogens is 564 g/mol. The molecule has 42 heavy (non-hydrogen) atoms. The van der Waals surface area contributed by atoms with Crippen LogP contribution in [0.4, 0.5) is 11.4 Å². The molecule has 0 amide bonds. The predicted molar refractivity (Wildman–Crippen MR) is 158 cm³/mol. The highest BCUT2D eigenvalue weighted by molar-refractivity contribution is 6.24. The summed E-state index contributed by atoms with van der Waals surface area (Å²) in [5.74, 6) is -5.04. The Morgan fingerprint density at radius 2 is 1.02 bits per heavy atom. The molecule has 2 aromatic heterocycles. The van der Waals surface area contributed by atoms with Gasteiger partial charge in [0.25, 0.3) is 0 Å². The highest BCUT2D eigenvalue weighted by Crippen LogP contribution is 2.35. The molecule has 0 saturated carbocycles. The van der Waals surface area contributed by atoms with Gasteiger partial charge < -0.3 is 26.4 Å². The van der Waals surface area contributed by atoms with E-state index in [1.807, 2.05) is 0 Å². The van der Waals surface area contributed by atoms with Gasteiger partial charge in [0.2, 0.25) is 0 Å². The number of aromatic carboxylic acids is 2. The van der Waals surface area contributed by atoms with E-state index in [2.05, 4.69) is 9.97 Å². The summed E-state index contributed by atoms with van der Waals surface area (Å²) in [6.45, 7) is 0. The number of pyridine rings is 2. The summed E-state index contributed by atoms with van der Waals surface area (Å²) in [5, 5.41) is 21.4. The second-order valence-electron chi connectivity index (χ2n) is 9.27. The molecule has 0 aliphatic heterocycles. The molecule has 0 fully saturated rings. The molecule has 0 radical (unpaired) electrons. The van der Waals surface area contributed by atoms with Crippen molar-refractivity contribution in [2.24, 2.45) is 0 Å². The Kier molecular flexibility index (Phi) is 6.81. The summed E-state index contributed by atoms with van der Waals surface area (Å²) in [7, 11) is 0. The number of fused-ring (bicyclic) bond motifs is 6. The number of ether oxygens (including phenoxy) is 1. The van der Waals surface area contributed by atoms with Crippen molar-refractivity contribution in [1.82, 2.24) is 9.97 Å². The number of rotatable bonds is 4. The number of aromatic nitrogens is 2. The van der Waals surface area contributed by atoms with Crippen LogP contribution in [0.15, 0.2) is 73.1 Å². The number of halogens is 1. The van der Waals surface area contributed by atoms with Crippen molar-refractivity contribution in [3.63, 3.8) is 0 Å². The first-order valence-corrected chi connectivity index (χ1v) is 12.1. The van der Waals surface area contributed by atoms with Crippen LogP contribution >= 0.6 is 12.4 Å². The van der Waals surface area contributed by atoms with Crippen molar-refractivity contribution >= 4 is 91.0 Å². The van der Waals surface area contributed by atoms with Gasteiger partial charge in [-0.3, -0.25) is 9.97 Å². The maximum absolute atomic E-state index is 13.5. The Morgan fingerprint density at radius 1 is 0.619 bits per heavy atom. The van der Waals surface area contributed by atoms with E-state index in [4.69, 9.17) is 16.2 Å². The van der Waals surface area contributed by atoms with Crippen LogP contribution in [-0.4, -0.2) is 44.1 Å². The Bertz CT molecular complexity index is 2010. The minimum Gasteiger partial charge on any atom is -0.478 e. The lowest BCUT2D eigenvalue weighted by molar-refractivity contribution is 0.0400. The SMILES string of the molecule is Cl.Nc1cc(C(=O)OC(=O)c2cc(N)cc3c2c(C(=O)O)cc2cccnc23)c2c(C(=O)O)cc3cccnc3c2c1. The van der Waals surface area contributed by atoms with Gasteiger partial charge in [0.1, 0.15) is 0 Å². The van der Waals surface area contributed by atoms with E-state index in [1.165, 1.54) is 48.8 Å². The van der Waals surface area contributed by atoms with Gasteiger partial charge in [-0.25, -0.2) is 19.2 Å². The van der Waals surface area contributed by atoms with Gasteiger partial charge >= 0.3 is 23.9 Å². The number of hydrogen-bond donors (Lipinski definition) is 4. The molecule has 0 bridgehead atoms. The molecule has 6 N–H and O–H groups in total. The first-order chi connectivity index (χ1) is 19.6. The quantitative estimate of drug-likeness (QED) is 0.0937. The zero-order valence-electron chi connectivity index (χ0n) is 21.3. The Morgan fingerprint density at radius 3 is 1.40 bits per heavy atom. The maximum atomic E-state index is 13.5. The molecule has 11 nitrogen and oxygen atoms in total. The highest BCUT2D eigenvalue weighted by Gasteiger charge is 2.26. The molecular formula is C30H19ClN4O7. The van der Waals surface area contributed by atoms with Gasteiger partial charge in [0.05, 0.1) is 33.3 Å². The van der Waals surface area contributed by atoms with Crippen LogP contribution in [-0.2, 0) is 4.74 Å². The fourth-order valence-electron chi connectivity index (χ4n) is 5.11. The van der Waals surface area contributed by atoms with Crippen molar-refractivity contribution in [2.45, 2.75) is 0 Å². The molecule has 0 unspecified atom stereocenters. The third-order valence-electron chi connectivity index (χ3n) is 6.73. The summed E-state index contributed by atoms with van der Waals surface area (Å²) >= 11 is 0. The third kappa shape index (κ3) is 4.43. The zero-order chi connectivity index (χ0) is 29.0. The normalized spacial score (nSPS) is 11.0. The molecule has 0 aliphatic carbocycles. The van der Waals surface area contributed by atoms with Crippen LogP contribution in [0.3, 0.4) is 0 Å². The number of nitrogens with zero attached hydrogens (tertiary/aromatic N) is 2. The molecule has 208 valence electrons. The van der Waals surface area contributed by atoms with E-state index in [1.54, 1.807) is 24.3 Å². The molecule has 12 heteroatoms. The fraction of sp³-hybridized carbons (Fsp3) is 0. The largest absolute Gasteiger partial charge is 0.478 e. The van der Waals surface area contributed by atoms with Crippen LogP contribution in [0.25, 0.3) is 43.4 Å². The first kappa shape index (κ1) is 27.7. The van der Waals surface area contributed by atoms with Crippen LogP contribution in [0.1, 0.15) is 41.4 Å². The van der Waals surface area contributed by atoms with Gasteiger partial charge in [0.15, 0.2) is 0 Å². The summed E-state index contributed by atoms with van der Waals surface area (Å²) in [6, 6.07) is 14.7. The monoisotopic (exact) mass is 582 g/mol. The summed E-state index contributed by atoms with van der Waals surface area (Å²) in [5.41, 5.74) is 12.1. The molecule has 0 spiro atoms. The predicted octanol–water partition coefficient (Wildman–Crippen LogP) is 5.07. The van der Waals surface area contributed by atoms with Gasteiger partial charge in [0, 0.05) is 56.1 Å². The summed E-state index contributed by atoms with van der Waals surface area (Å²) in [4.78, 5) is 60.0. The number of anilines is 2. The molecule has 0 aliphatic rings. The minimum absolute atomic E-state index is 0. The number of benzene rings is 4. The number of hydrogen-bond acceptors (Lipinski definition) is 9.